The zero-order valence-corrected chi connectivity index (χ0v) is 11.1. The molecule has 4 nitrogen and oxygen atoms in total. The summed E-state index contributed by atoms with van der Waals surface area (Å²) < 4.78 is 12.7. The third-order valence-corrected chi connectivity index (χ3v) is 3.29. The zero-order chi connectivity index (χ0) is 12.0. The van der Waals surface area contributed by atoms with Crippen molar-refractivity contribution < 1.29 is 4.21 Å². The normalized spacial score (nSPS) is 12.9. The van der Waals surface area contributed by atoms with Crippen LogP contribution < -0.4 is 5.32 Å². The van der Waals surface area contributed by atoms with Gasteiger partial charge in [0.15, 0.2) is 0 Å². The molecule has 16 heavy (non-hydrogen) atoms. The maximum absolute atomic E-state index is 10.9. The van der Waals surface area contributed by atoms with Crippen molar-refractivity contribution in [3.63, 3.8) is 0 Å². The fourth-order valence-corrected chi connectivity index (χ4v) is 2.20. The molecule has 1 unspecified atom stereocenters. The molecule has 0 bridgehead atoms. The Hall–Kier alpha value is -0.680. The molecular weight excluding hydrogens is 222 g/mol. The molecule has 0 aliphatic heterocycles. The summed E-state index contributed by atoms with van der Waals surface area (Å²) in [5.74, 6) is 0.778. The summed E-state index contributed by atoms with van der Waals surface area (Å²) in [6.07, 6.45) is 5.74. The van der Waals surface area contributed by atoms with Gasteiger partial charge in [0, 0.05) is 48.2 Å². The highest BCUT2D eigenvalue weighted by Gasteiger charge is 2.04. The van der Waals surface area contributed by atoms with E-state index in [4.69, 9.17) is 0 Å². The lowest BCUT2D eigenvalue weighted by atomic mass is 10.2. The molecule has 1 rings (SSSR count). The van der Waals surface area contributed by atoms with Crippen molar-refractivity contribution in [1.82, 2.24) is 15.1 Å². The maximum atomic E-state index is 10.9. The second-order valence-corrected chi connectivity index (χ2v) is 5.49. The second-order valence-electron chi connectivity index (χ2n) is 3.94. The zero-order valence-electron chi connectivity index (χ0n) is 10.3. The first-order valence-corrected chi connectivity index (χ1v) is 7.38. The highest BCUT2D eigenvalue weighted by atomic mass is 32.2. The van der Waals surface area contributed by atoms with Crippen molar-refractivity contribution in [2.75, 3.05) is 18.6 Å². The molecule has 1 heterocycles. The average molecular weight is 243 g/mol. The summed E-state index contributed by atoms with van der Waals surface area (Å²) in [6.45, 7) is 3.89. The minimum absolute atomic E-state index is 0.672. The number of hydrogen-bond acceptors (Lipinski definition) is 3. The monoisotopic (exact) mass is 243 g/mol. The Balaban J connectivity index is 2.28. The van der Waals surface area contributed by atoms with E-state index in [1.807, 2.05) is 11.7 Å². The smallest absolute Gasteiger partial charge is 0.0666 e. The van der Waals surface area contributed by atoms with Gasteiger partial charge in [-0.05, 0) is 19.4 Å². The van der Waals surface area contributed by atoms with Crippen molar-refractivity contribution in [2.24, 2.45) is 7.05 Å². The van der Waals surface area contributed by atoms with Crippen LogP contribution >= 0.6 is 0 Å². The van der Waals surface area contributed by atoms with Gasteiger partial charge in [0.2, 0.25) is 0 Å². The third kappa shape index (κ3) is 4.45. The van der Waals surface area contributed by atoms with E-state index in [0.29, 0.717) is 0 Å². The molecule has 0 fully saturated rings. The van der Waals surface area contributed by atoms with Crippen molar-refractivity contribution in [3.05, 3.63) is 17.5 Å². The van der Waals surface area contributed by atoms with Crippen molar-refractivity contribution in [1.29, 1.82) is 0 Å². The van der Waals surface area contributed by atoms with Crippen LogP contribution in [-0.2, 0) is 30.8 Å². The predicted molar refractivity (Wildman–Crippen MR) is 67.8 cm³/mol. The van der Waals surface area contributed by atoms with Crippen LogP contribution in [-0.4, -0.2) is 32.5 Å². The lowest BCUT2D eigenvalue weighted by Gasteiger charge is -2.03. The molecule has 1 aromatic heterocycles. The lowest BCUT2D eigenvalue weighted by molar-refractivity contribution is 0.660. The van der Waals surface area contributed by atoms with E-state index in [0.717, 1.165) is 37.4 Å². The summed E-state index contributed by atoms with van der Waals surface area (Å²) in [4.78, 5) is 0. The van der Waals surface area contributed by atoms with Crippen LogP contribution in [0.2, 0.25) is 0 Å². The number of rotatable bonds is 7. The Kier molecular flexibility index (Phi) is 5.69. The van der Waals surface area contributed by atoms with E-state index in [-0.39, 0.29) is 0 Å². The SMILES string of the molecule is CCc1nn(C)cc1CNCCCS(C)=O. The van der Waals surface area contributed by atoms with Gasteiger partial charge in [-0.25, -0.2) is 0 Å². The summed E-state index contributed by atoms with van der Waals surface area (Å²) >= 11 is 0. The molecule has 0 aliphatic carbocycles. The molecule has 5 heteroatoms. The Morgan fingerprint density at radius 2 is 2.31 bits per heavy atom. The lowest BCUT2D eigenvalue weighted by Crippen LogP contribution is -2.17. The molecule has 0 saturated heterocycles. The molecule has 0 aromatic carbocycles. The van der Waals surface area contributed by atoms with E-state index < -0.39 is 10.8 Å². The number of nitrogens with one attached hydrogen (secondary N) is 1. The topological polar surface area (TPSA) is 46.9 Å². The van der Waals surface area contributed by atoms with Gasteiger partial charge < -0.3 is 5.32 Å². The van der Waals surface area contributed by atoms with Crippen molar-refractivity contribution in [3.8, 4) is 0 Å². The van der Waals surface area contributed by atoms with Gasteiger partial charge in [-0.15, -0.1) is 0 Å². The van der Waals surface area contributed by atoms with Crippen LogP contribution in [0.3, 0.4) is 0 Å². The minimum atomic E-state index is -0.672. The van der Waals surface area contributed by atoms with Crippen LogP contribution in [0.4, 0.5) is 0 Å². The summed E-state index contributed by atoms with van der Waals surface area (Å²) in [5, 5.41) is 7.74. The van der Waals surface area contributed by atoms with Gasteiger partial charge in [-0.2, -0.15) is 5.10 Å². The van der Waals surface area contributed by atoms with E-state index in [2.05, 4.69) is 23.5 Å². The first kappa shape index (κ1) is 13.4. The van der Waals surface area contributed by atoms with Gasteiger partial charge in [0.1, 0.15) is 0 Å². The Morgan fingerprint density at radius 3 is 2.94 bits per heavy atom. The van der Waals surface area contributed by atoms with Gasteiger partial charge in [-0.1, -0.05) is 6.92 Å². The molecule has 0 aliphatic rings. The van der Waals surface area contributed by atoms with Crippen LogP contribution in [0, 0.1) is 0 Å². The first-order chi connectivity index (χ1) is 7.63. The number of nitrogens with zero attached hydrogens (tertiary/aromatic N) is 2. The van der Waals surface area contributed by atoms with Crippen molar-refractivity contribution >= 4 is 10.8 Å². The molecule has 0 amide bonds. The molecule has 1 N–H and O–H groups in total. The standard InChI is InChI=1S/C11H21N3OS/c1-4-11-10(9-14(2)13-11)8-12-6-5-7-16(3)15/h9,12H,4-8H2,1-3H3. The molecule has 0 radical (unpaired) electrons. The van der Waals surface area contributed by atoms with Gasteiger partial charge >= 0.3 is 0 Å². The van der Waals surface area contributed by atoms with Gasteiger partial charge in [0.05, 0.1) is 5.69 Å². The largest absolute Gasteiger partial charge is 0.313 e. The Bertz CT molecular complexity index is 349. The molecule has 92 valence electrons. The second kappa shape index (κ2) is 6.81. The third-order valence-electron chi connectivity index (χ3n) is 2.43. The van der Waals surface area contributed by atoms with Crippen LogP contribution in [0.15, 0.2) is 6.20 Å². The summed E-state index contributed by atoms with van der Waals surface area (Å²) in [7, 11) is 1.28. The average Bonchev–Trinajstić information content (AvgIpc) is 2.58. The predicted octanol–water partition coefficient (Wildman–Crippen LogP) is 0.841. The molecule has 1 aromatic rings. The van der Waals surface area contributed by atoms with E-state index >= 15 is 0 Å². The number of aryl methyl sites for hydroxylation is 2. The summed E-state index contributed by atoms with van der Waals surface area (Å²) in [6, 6.07) is 0. The van der Waals surface area contributed by atoms with E-state index in [1.54, 1.807) is 6.26 Å². The molecule has 0 saturated carbocycles. The maximum Gasteiger partial charge on any atom is 0.0666 e. The highest BCUT2D eigenvalue weighted by molar-refractivity contribution is 7.84. The molecule has 1 atom stereocenters. The Labute approximate surface area is 99.9 Å². The van der Waals surface area contributed by atoms with Crippen molar-refractivity contribution in [2.45, 2.75) is 26.3 Å². The quantitative estimate of drug-likeness (QED) is 0.722. The van der Waals surface area contributed by atoms with Gasteiger partial charge in [0.25, 0.3) is 0 Å². The summed E-state index contributed by atoms with van der Waals surface area (Å²) in [5.41, 5.74) is 2.43. The van der Waals surface area contributed by atoms with Crippen LogP contribution in [0.5, 0.6) is 0 Å². The van der Waals surface area contributed by atoms with E-state index in [9.17, 15) is 4.21 Å². The molecular formula is C11H21N3OS. The first-order valence-electron chi connectivity index (χ1n) is 5.65. The number of hydrogen-bond donors (Lipinski definition) is 1. The minimum Gasteiger partial charge on any atom is -0.313 e. The van der Waals surface area contributed by atoms with E-state index in [1.165, 1.54) is 5.56 Å². The fraction of sp³-hybridized carbons (Fsp3) is 0.727. The number of aromatic nitrogens is 2. The van der Waals surface area contributed by atoms with Crippen LogP contribution in [0.25, 0.3) is 0 Å². The highest BCUT2D eigenvalue weighted by Crippen LogP contribution is 2.06. The molecule has 0 spiro atoms. The van der Waals surface area contributed by atoms with Gasteiger partial charge in [-0.3, -0.25) is 8.89 Å². The Morgan fingerprint density at radius 1 is 1.56 bits per heavy atom. The fourth-order valence-electron chi connectivity index (χ4n) is 1.65. The van der Waals surface area contributed by atoms with Crippen LogP contribution in [0.1, 0.15) is 24.6 Å².